The van der Waals surface area contributed by atoms with Crippen LogP contribution in [-0.2, 0) is 4.79 Å². The molecule has 0 saturated carbocycles. The van der Waals surface area contributed by atoms with Gasteiger partial charge in [-0.3, -0.25) is 4.79 Å². The van der Waals surface area contributed by atoms with Crippen LogP contribution in [0.2, 0.25) is 0 Å². The van der Waals surface area contributed by atoms with Crippen molar-refractivity contribution < 1.29 is 19.0 Å². The molecule has 5 nitrogen and oxygen atoms in total. The number of nitrogens with one attached hydrogen (secondary N) is 1. The topological polar surface area (TPSA) is 56.8 Å². The van der Waals surface area contributed by atoms with Gasteiger partial charge in [0.15, 0.2) is 11.5 Å². The lowest BCUT2D eigenvalue weighted by molar-refractivity contribution is -0.119. The third-order valence-corrected chi connectivity index (χ3v) is 4.98. The minimum atomic E-state index is -0.0144. The second-order valence-electron chi connectivity index (χ2n) is 5.61. The van der Waals surface area contributed by atoms with Crippen LogP contribution in [0.3, 0.4) is 0 Å². The van der Waals surface area contributed by atoms with E-state index in [1.54, 1.807) is 21.3 Å². The first kappa shape index (κ1) is 20.0. The van der Waals surface area contributed by atoms with Crippen LogP contribution < -0.4 is 19.5 Å². The molecule has 0 saturated heterocycles. The van der Waals surface area contributed by atoms with Gasteiger partial charge >= 0.3 is 0 Å². The number of carbonyl (C=O) groups is 1. The number of ether oxygens (including phenoxy) is 3. The van der Waals surface area contributed by atoms with Crippen molar-refractivity contribution in [3.05, 3.63) is 48.0 Å². The summed E-state index contributed by atoms with van der Waals surface area (Å²) < 4.78 is 15.7. The van der Waals surface area contributed by atoms with Crippen LogP contribution in [0.5, 0.6) is 17.2 Å². The van der Waals surface area contributed by atoms with E-state index in [4.69, 9.17) is 14.2 Å². The van der Waals surface area contributed by atoms with E-state index in [0.717, 1.165) is 22.6 Å². The first-order chi connectivity index (χ1) is 12.6. The molecule has 0 aliphatic heterocycles. The Morgan fingerprint density at radius 3 is 2.27 bits per heavy atom. The van der Waals surface area contributed by atoms with E-state index >= 15 is 0 Å². The molecule has 0 heterocycles. The van der Waals surface area contributed by atoms with Crippen molar-refractivity contribution >= 4 is 17.7 Å². The van der Waals surface area contributed by atoms with Gasteiger partial charge < -0.3 is 19.5 Å². The van der Waals surface area contributed by atoms with E-state index in [0.29, 0.717) is 17.3 Å². The fraction of sp³-hybridized carbons (Fsp3) is 0.350. The summed E-state index contributed by atoms with van der Waals surface area (Å²) in [6, 6.07) is 13.4. The summed E-state index contributed by atoms with van der Waals surface area (Å²) in [7, 11) is 4.83. The normalized spacial score (nSPS) is 11.5. The lowest BCUT2D eigenvalue weighted by atomic mass is 10.0. The van der Waals surface area contributed by atoms with Gasteiger partial charge in [-0.2, -0.15) is 0 Å². The predicted octanol–water partition coefficient (Wildman–Crippen LogP) is 4.07. The van der Waals surface area contributed by atoms with Gasteiger partial charge in [0.05, 0.1) is 33.1 Å². The molecule has 2 rings (SSSR count). The van der Waals surface area contributed by atoms with Crippen molar-refractivity contribution in [2.24, 2.45) is 0 Å². The monoisotopic (exact) mass is 375 g/mol. The summed E-state index contributed by atoms with van der Waals surface area (Å²) in [6.45, 7) is 2.05. The fourth-order valence-electron chi connectivity index (χ4n) is 2.55. The van der Waals surface area contributed by atoms with Gasteiger partial charge in [0.25, 0.3) is 0 Å². The predicted molar refractivity (Wildman–Crippen MR) is 104 cm³/mol. The fourth-order valence-corrected chi connectivity index (χ4v) is 3.28. The molecule has 0 unspecified atom stereocenters. The van der Waals surface area contributed by atoms with Gasteiger partial charge in [-0.1, -0.05) is 19.1 Å². The minimum Gasteiger partial charge on any atom is -0.497 e. The van der Waals surface area contributed by atoms with E-state index in [2.05, 4.69) is 12.2 Å². The highest BCUT2D eigenvalue weighted by Crippen LogP contribution is 2.31. The molecule has 0 bridgehead atoms. The Balaban J connectivity index is 1.94. The van der Waals surface area contributed by atoms with Crippen molar-refractivity contribution in [3.63, 3.8) is 0 Å². The molecule has 2 aromatic rings. The molecule has 140 valence electrons. The molecule has 1 N–H and O–H groups in total. The summed E-state index contributed by atoms with van der Waals surface area (Å²) in [6.07, 6.45) is 0.819. The molecule has 0 fully saturated rings. The van der Waals surface area contributed by atoms with Crippen LogP contribution >= 0.6 is 11.8 Å². The van der Waals surface area contributed by atoms with Crippen LogP contribution in [0, 0.1) is 0 Å². The number of rotatable bonds is 9. The number of methoxy groups -OCH3 is 3. The number of carbonyl (C=O) groups excluding carboxylic acids is 1. The van der Waals surface area contributed by atoms with Gasteiger partial charge in [0.2, 0.25) is 5.91 Å². The number of benzene rings is 2. The van der Waals surface area contributed by atoms with Gasteiger partial charge in [-0.05, 0) is 42.3 Å². The third kappa shape index (κ3) is 5.33. The van der Waals surface area contributed by atoms with Gasteiger partial charge in [0.1, 0.15) is 5.75 Å². The molecule has 1 atom stereocenters. The largest absolute Gasteiger partial charge is 0.497 e. The Morgan fingerprint density at radius 2 is 1.69 bits per heavy atom. The maximum Gasteiger partial charge on any atom is 0.230 e. The summed E-state index contributed by atoms with van der Waals surface area (Å²) >= 11 is 1.46. The van der Waals surface area contributed by atoms with Gasteiger partial charge in [-0.15, -0.1) is 11.8 Å². The Labute approximate surface area is 159 Å². The Kier molecular flexibility index (Phi) is 7.66. The highest BCUT2D eigenvalue weighted by Gasteiger charge is 2.14. The SMILES string of the molecule is CC[C@H](NC(=O)CSc1ccc(OC)c(OC)c1)c1ccc(OC)cc1. The molecular formula is C20H25NO4S. The first-order valence-corrected chi connectivity index (χ1v) is 9.38. The summed E-state index contributed by atoms with van der Waals surface area (Å²) in [5.74, 6) is 2.46. The van der Waals surface area contributed by atoms with E-state index in [1.165, 1.54) is 11.8 Å². The van der Waals surface area contributed by atoms with Crippen molar-refractivity contribution in [2.75, 3.05) is 27.1 Å². The second kappa shape index (κ2) is 9.97. The summed E-state index contributed by atoms with van der Waals surface area (Å²) in [4.78, 5) is 13.3. The maximum atomic E-state index is 12.3. The summed E-state index contributed by atoms with van der Waals surface area (Å²) in [5, 5.41) is 3.09. The van der Waals surface area contributed by atoms with E-state index in [9.17, 15) is 4.79 Å². The molecule has 0 aliphatic rings. The Morgan fingerprint density at radius 1 is 1.00 bits per heavy atom. The van der Waals surface area contributed by atoms with Crippen LogP contribution in [0.4, 0.5) is 0 Å². The molecule has 0 radical (unpaired) electrons. The first-order valence-electron chi connectivity index (χ1n) is 8.39. The lowest BCUT2D eigenvalue weighted by Crippen LogP contribution is -2.29. The molecule has 6 heteroatoms. The van der Waals surface area contributed by atoms with E-state index in [1.807, 2.05) is 42.5 Å². The third-order valence-electron chi connectivity index (χ3n) is 3.99. The minimum absolute atomic E-state index is 0.00699. The van der Waals surface area contributed by atoms with Gasteiger partial charge in [-0.25, -0.2) is 0 Å². The van der Waals surface area contributed by atoms with E-state index in [-0.39, 0.29) is 11.9 Å². The standard InChI is InChI=1S/C20H25NO4S/c1-5-17(14-6-8-15(23-2)9-7-14)21-20(22)13-26-16-10-11-18(24-3)19(12-16)25-4/h6-12,17H,5,13H2,1-4H3,(H,21,22)/t17-/m0/s1. The zero-order valence-corrected chi connectivity index (χ0v) is 16.4. The quantitative estimate of drug-likeness (QED) is 0.670. The smallest absolute Gasteiger partial charge is 0.230 e. The van der Waals surface area contributed by atoms with Crippen LogP contribution in [0.15, 0.2) is 47.4 Å². The van der Waals surface area contributed by atoms with E-state index < -0.39 is 0 Å². The van der Waals surface area contributed by atoms with Crippen LogP contribution in [0.25, 0.3) is 0 Å². The maximum absolute atomic E-state index is 12.3. The summed E-state index contributed by atoms with van der Waals surface area (Å²) in [5.41, 5.74) is 1.07. The number of hydrogen-bond donors (Lipinski definition) is 1. The molecule has 2 aromatic carbocycles. The average Bonchev–Trinajstić information content (AvgIpc) is 2.70. The second-order valence-corrected chi connectivity index (χ2v) is 6.66. The molecule has 0 spiro atoms. The highest BCUT2D eigenvalue weighted by atomic mass is 32.2. The Bertz CT molecular complexity index is 718. The van der Waals surface area contributed by atoms with Crippen LogP contribution in [-0.4, -0.2) is 33.0 Å². The zero-order chi connectivity index (χ0) is 18.9. The molecular weight excluding hydrogens is 350 g/mol. The molecule has 26 heavy (non-hydrogen) atoms. The number of amides is 1. The number of hydrogen-bond acceptors (Lipinski definition) is 5. The highest BCUT2D eigenvalue weighted by molar-refractivity contribution is 8.00. The molecule has 0 aliphatic carbocycles. The average molecular weight is 375 g/mol. The van der Waals surface area contributed by atoms with Crippen molar-refractivity contribution in [1.82, 2.24) is 5.32 Å². The Hall–Kier alpha value is -2.34. The molecule has 0 aromatic heterocycles. The lowest BCUT2D eigenvalue weighted by Gasteiger charge is -2.18. The van der Waals surface area contributed by atoms with Crippen molar-refractivity contribution in [2.45, 2.75) is 24.3 Å². The van der Waals surface area contributed by atoms with Crippen LogP contribution in [0.1, 0.15) is 24.9 Å². The van der Waals surface area contributed by atoms with Gasteiger partial charge in [0, 0.05) is 4.90 Å². The zero-order valence-electron chi connectivity index (χ0n) is 15.6. The van der Waals surface area contributed by atoms with Crippen molar-refractivity contribution in [3.8, 4) is 17.2 Å². The van der Waals surface area contributed by atoms with Crippen molar-refractivity contribution in [1.29, 1.82) is 0 Å². The number of thioether (sulfide) groups is 1. The molecule has 1 amide bonds.